The van der Waals surface area contributed by atoms with Gasteiger partial charge in [-0.25, -0.2) is 9.78 Å². The van der Waals surface area contributed by atoms with Crippen LogP contribution in [0.1, 0.15) is 16.1 Å². The Balaban J connectivity index is 1.74. The van der Waals surface area contributed by atoms with Gasteiger partial charge in [0.1, 0.15) is 10.8 Å². The first-order valence-corrected chi connectivity index (χ1v) is 10.2. The molecule has 0 atom stereocenters. The van der Waals surface area contributed by atoms with Crippen LogP contribution in [-0.4, -0.2) is 29.7 Å². The molecule has 0 unspecified atom stereocenters. The number of ether oxygens (including phenoxy) is 1. The van der Waals surface area contributed by atoms with Gasteiger partial charge in [-0.3, -0.25) is 0 Å². The van der Waals surface area contributed by atoms with Crippen molar-refractivity contribution < 1.29 is 27.8 Å². The summed E-state index contributed by atoms with van der Waals surface area (Å²) in [6, 6.07) is 9.97. The second-order valence-corrected chi connectivity index (χ2v) is 8.25. The first-order chi connectivity index (χ1) is 14.5. The number of nitrogens with zero attached hydrogens (tertiary/aromatic N) is 2. The number of rotatable bonds is 7. The number of carbonyl (C=O) groups is 1. The van der Waals surface area contributed by atoms with E-state index in [4.69, 9.17) is 21.4 Å². The number of alkyl halides is 3. The lowest BCUT2D eigenvalue weighted by Crippen LogP contribution is -2.16. The second kappa shape index (κ2) is 9.15. The summed E-state index contributed by atoms with van der Waals surface area (Å²) in [5.41, 5.74) is 1.51. The quantitative estimate of drug-likeness (QED) is 0.466. The lowest BCUT2D eigenvalue weighted by Gasteiger charge is -2.19. The molecular weight excluding hydrogens is 453 g/mol. The van der Waals surface area contributed by atoms with Crippen LogP contribution in [0, 0.1) is 6.92 Å². The van der Waals surface area contributed by atoms with Crippen LogP contribution < -0.4 is 9.64 Å². The topological polar surface area (TPSA) is 62.7 Å². The second-order valence-electron chi connectivity index (χ2n) is 6.76. The Morgan fingerprint density at radius 2 is 1.90 bits per heavy atom. The van der Waals surface area contributed by atoms with Crippen molar-refractivity contribution in [2.45, 2.75) is 19.6 Å². The van der Waals surface area contributed by atoms with E-state index in [0.29, 0.717) is 17.1 Å². The van der Waals surface area contributed by atoms with Gasteiger partial charge in [0, 0.05) is 23.2 Å². The number of carboxylic acid groups (broad SMARTS) is 1. The van der Waals surface area contributed by atoms with Crippen LogP contribution in [0.5, 0.6) is 5.75 Å². The van der Waals surface area contributed by atoms with E-state index in [1.807, 2.05) is 18.9 Å². The van der Waals surface area contributed by atoms with Gasteiger partial charge in [-0.05, 0) is 37.3 Å². The molecule has 0 spiro atoms. The fourth-order valence-electron chi connectivity index (χ4n) is 2.79. The van der Waals surface area contributed by atoms with E-state index in [1.165, 1.54) is 23.5 Å². The summed E-state index contributed by atoms with van der Waals surface area (Å²) >= 11 is 7.60. The molecule has 0 aliphatic carbocycles. The molecule has 5 nitrogen and oxygen atoms in total. The number of halogens is 4. The summed E-state index contributed by atoms with van der Waals surface area (Å²) in [4.78, 5) is 18.0. The van der Waals surface area contributed by atoms with Crippen molar-refractivity contribution in [1.82, 2.24) is 4.98 Å². The van der Waals surface area contributed by atoms with E-state index < -0.39 is 24.3 Å². The zero-order chi connectivity index (χ0) is 22.8. The number of thiazole rings is 1. The van der Waals surface area contributed by atoms with Crippen LogP contribution in [0.15, 0.2) is 42.5 Å². The zero-order valence-corrected chi connectivity index (χ0v) is 18.1. The smallest absolute Gasteiger partial charge is 0.416 e. The van der Waals surface area contributed by atoms with Crippen LogP contribution in [0.3, 0.4) is 0 Å². The molecular formula is C21H18ClF3N2O3S. The van der Waals surface area contributed by atoms with E-state index in [-0.39, 0.29) is 10.8 Å². The Bertz CT molecular complexity index is 1080. The summed E-state index contributed by atoms with van der Waals surface area (Å²) in [5.74, 6) is -0.818. The lowest BCUT2D eigenvalue weighted by atomic mass is 10.1. The molecule has 3 rings (SSSR count). The molecule has 1 aromatic heterocycles. The van der Waals surface area contributed by atoms with Crippen molar-refractivity contribution in [1.29, 1.82) is 0 Å². The average Bonchev–Trinajstić information content (AvgIpc) is 3.06. The van der Waals surface area contributed by atoms with E-state index >= 15 is 0 Å². The van der Waals surface area contributed by atoms with Crippen LogP contribution in [0.25, 0.3) is 10.6 Å². The molecule has 0 fully saturated rings. The first kappa shape index (κ1) is 22.9. The molecule has 0 saturated carbocycles. The van der Waals surface area contributed by atoms with Gasteiger partial charge in [0.2, 0.25) is 0 Å². The first-order valence-electron chi connectivity index (χ1n) is 9.04. The molecule has 10 heteroatoms. The van der Waals surface area contributed by atoms with E-state index in [0.717, 1.165) is 28.4 Å². The van der Waals surface area contributed by atoms with E-state index in [2.05, 4.69) is 4.98 Å². The Labute approximate surface area is 185 Å². The van der Waals surface area contributed by atoms with Gasteiger partial charge < -0.3 is 14.7 Å². The van der Waals surface area contributed by atoms with Gasteiger partial charge in [-0.15, -0.1) is 11.3 Å². The molecule has 31 heavy (non-hydrogen) atoms. The van der Waals surface area contributed by atoms with Gasteiger partial charge in [0.15, 0.2) is 6.61 Å². The number of hydrogen-bond acceptors (Lipinski definition) is 5. The van der Waals surface area contributed by atoms with E-state index in [1.54, 1.807) is 18.2 Å². The van der Waals surface area contributed by atoms with Gasteiger partial charge in [-0.2, -0.15) is 13.2 Å². The van der Waals surface area contributed by atoms with Gasteiger partial charge in [0.05, 0.1) is 22.8 Å². The fourth-order valence-corrected chi connectivity index (χ4v) is 4.14. The van der Waals surface area contributed by atoms with Gasteiger partial charge in [0.25, 0.3) is 0 Å². The predicted molar refractivity (Wildman–Crippen MR) is 114 cm³/mol. The Kier molecular flexibility index (Phi) is 6.76. The summed E-state index contributed by atoms with van der Waals surface area (Å²) in [6.45, 7) is 1.88. The normalized spacial score (nSPS) is 11.4. The van der Waals surface area contributed by atoms with Crippen molar-refractivity contribution in [3.63, 3.8) is 0 Å². The monoisotopic (exact) mass is 470 g/mol. The molecule has 1 heterocycles. The van der Waals surface area contributed by atoms with Crippen LogP contribution in [0.4, 0.5) is 18.9 Å². The summed E-state index contributed by atoms with van der Waals surface area (Å²) in [6.07, 6.45) is -4.37. The minimum absolute atomic E-state index is 0.278. The lowest BCUT2D eigenvalue weighted by molar-refractivity contribution is -0.139. The molecule has 2 aromatic carbocycles. The molecule has 0 bridgehead atoms. The minimum Gasteiger partial charge on any atom is -0.480 e. The third-order valence-corrected chi connectivity index (χ3v) is 5.93. The predicted octanol–water partition coefficient (Wildman–Crippen LogP) is 5.89. The van der Waals surface area contributed by atoms with Crippen LogP contribution >= 0.6 is 22.9 Å². The fraction of sp³-hybridized carbons (Fsp3) is 0.238. The number of aryl methyl sites for hydroxylation is 1. The highest BCUT2D eigenvalue weighted by Gasteiger charge is 2.30. The van der Waals surface area contributed by atoms with E-state index in [9.17, 15) is 18.0 Å². The van der Waals surface area contributed by atoms with Crippen molar-refractivity contribution in [3.8, 4) is 16.3 Å². The van der Waals surface area contributed by atoms with Crippen molar-refractivity contribution in [3.05, 3.63) is 63.6 Å². The number of carboxylic acids is 1. The maximum Gasteiger partial charge on any atom is 0.416 e. The minimum atomic E-state index is -4.37. The molecule has 0 aliphatic rings. The number of aliphatic carboxylic acids is 1. The van der Waals surface area contributed by atoms with Crippen LogP contribution in [0.2, 0.25) is 5.02 Å². The number of anilines is 1. The third kappa shape index (κ3) is 5.68. The van der Waals surface area contributed by atoms with Crippen molar-refractivity contribution in [2.24, 2.45) is 0 Å². The highest BCUT2D eigenvalue weighted by Crippen LogP contribution is 2.34. The number of benzene rings is 2. The SMILES string of the molecule is Cc1nc(-c2ccc(C(F)(F)F)cc2)sc1CN(C)c1ccc(OCC(=O)O)c(Cl)c1. The molecule has 1 N–H and O–H groups in total. The van der Waals surface area contributed by atoms with Crippen molar-refractivity contribution in [2.75, 3.05) is 18.6 Å². The van der Waals surface area contributed by atoms with Gasteiger partial charge >= 0.3 is 12.1 Å². The Hall–Kier alpha value is -2.78. The molecule has 0 radical (unpaired) electrons. The zero-order valence-electron chi connectivity index (χ0n) is 16.5. The summed E-state index contributed by atoms with van der Waals surface area (Å²) < 4.78 is 43.4. The Morgan fingerprint density at radius 3 is 2.48 bits per heavy atom. The molecule has 0 saturated heterocycles. The highest BCUT2D eigenvalue weighted by atomic mass is 35.5. The van der Waals surface area contributed by atoms with Crippen molar-refractivity contribution >= 4 is 34.6 Å². The maximum atomic E-state index is 12.8. The Morgan fingerprint density at radius 1 is 1.23 bits per heavy atom. The molecule has 164 valence electrons. The highest BCUT2D eigenvalue weighted by molar-refractivity contribution is 7.15. The molecule has 3 aromatic rings. The average molecular weight is 471 g/mol. The standard InChI is InChI=1S/C21H18ClF3N2O3S/c1-12-18(31-20(26-12)13-3-5-14(6-4-13)21(23,24)25)10-27(2)15-7-8-17(16(22)9-15)30-11-19(28)29/h3-9H,10-11H2,1-2H3,(H,28,29). The summed E-state index contributed by atoms with van der Waals surface area (Å²) in [7, 11) is 1.86. The largest absolute Gasteiger partial charge is 0.480 e. The maximum absolute atomic E-state index is 12.8. The van der Waals surface area contributed by atoms with Gasteiger partial charge in [-0.1, -0.05) is 23.7 Å². The molecule has 0 amide bonds. The number of hydrogen-bond donors (Lipinski definition) is 1. The summed E-state index contributed by atoms with van der Waals surface area (Å²) in [5, 5.41) is 9.63. The van der Waals surface area contributed by atoms with Crippen LogP contribution in [-0.2, 0) is 17.5 Å². The number of aromatic nitrogens is 1. The molecule has 0 aliphatic heterocycles. The third-order valence-electron chi connectivity index (χ3n) is 4.44.